The number of aromatic nitrogens is 4. The third-order valence-electron chi connectivity index (χ3n) is 5.17. The van der Waals surface area contributed by atoms with Gasteiger partial charge in [-0.25, -0.2) is 14.3 Å². The second-order valence-corrected chi connectivity index (χ2v) is 9.24. The second-order valence-electron chi connectivity index (χ2n) is 8.42. The Morgan fingerprint density at radius 1 is 1.33 bits per heavy atom. The summed E-state index contributed by atoms with van der Waals surface area (Å²) in [4.78, 5) is 31.9. The van der Waals surface area contributed by atoms with Crippen molar-refractivity contribution in [2.45, 2.75) is 45.2 Å². The molecule has 1 aromatic carbocycles. The number of benzene rings is 1. The van der Waals surface area contributed by atoms with Crippen molar-refractivity contribution >= 4 is 40.2 Å². The summed E-state index contributed by atoms with van der Waals surface area (Å²) in [5.41, 5.74) is -0.729. The number of hydrogen-bond donors (Lipinski definition) is 2. The second kappa shape index (κ2) is 7.28. The maximum atomic E-state index is 13.5. The highest BCUT2D eigenvalue weighted by molar-refractivity contribution is 6.35. The smallest absolute Gasteiger partial charge is 0.408 e. The monoisotopic (exact) mass is 449 g/mol. The van der Waals surface area contributed by atoms with Crippen LogP contribution in [0.5, 0.6) is 0 Å². The number of nitrogens with one attached hydrogen (secondary N) is 1. The molecule has 158 valence electrons. The van der Waals surface area contributed by atoms with E-state index in [1.165, 1.54) is 15.5 Å². The Labute approximate surface area is 182 Å². The van der Waals surface area contributed by atoms with Gasteiger partial charge < -0.3 is 5.11 Å². The predicted octanol–water partition coefficient (Wildman–Crippen LogP) is 4.65. The summed E-state index contributed by atoms with van der Waals surface area (Å²) in [6.07, 6.45) is 0.608. The first-order chi connectivity index (χ1) is 14.1. The van der Waals surface area contributed by atoms with Crippen LogP contribution in [0.4, 0.5) is 4.79 Å². The number of carbonyl (C=O) groups is 1. The first-order valence-electron chi connectivity index (χ1n) is 9.54. The maximum absolute atomic E-state index is 13.5. The lowest BCUT2D eigenvalue weighted by atomic mass is 9.99. The summed E-state index contributed by atoms with van der Waals surface area (Å²) in [5.74, 6) is 0.585. The summed E-state index contributed by atoms with van der Waals surface area (Å²) in [6.45, 7) is 5.47. The van der Waals surface area contributed by atoms with Gasteiger partial charge in [-0.2, -0.15) is 5.10 Å². The number of H-pyrrole nitrogens is 1. The van der Waals surface area contributed by atoms with Crippen molar-refractivity contribution in [3.63, 3.8) is 0 Å². The van der Waals surface area contributed by atoms with Crippen LogP contribution in [0.2, 0.25) is 10.2 Å². The molecule has 1 atom stereocenters. The van der Waals surface area contributed by atoms with Crippen molar-refractivity contribution in [3.8, 4) is 5.82 Å². The normalized spacial score (nSPS) is 15.4. The summed E-state index contributed by atoms with van der Waals surface area (Å²) >= 11 is 12.3. The van der Waals surface area contributed by atoms with E-state index >= 15 is 0 Å². The van der Waals surface area contributed by atoms with E-state index in [1.807, 2.05) is 20.8 Å². The number of halogens is 2. The van der Waals surface area contributed by atoms with Gasteiger partial charge in [-0.15, -0.1) is 0 Å². The van der Waals surface area contributed by atoms with Crippen LogP contribution in [-0.2, 0) is 0 Å². The lowest BCUT2D eigenvalue weighted by Crippen LogP contribution is -2.49. The van der Waals surface area contributed by atoms with Crippen molar-refractivity contribution in [2.75, 3.05) is 0 Å². The van der Waals surface area contributed by atoms with E-state index in [2.05, 4.69) is 10.2 Å². The molecule has 30 heavy (non-hydrogen) atoms. The Bertz CT molecular complexity index is 1190. The molecule has 1 aliphatic carbocycles. The Morgan fingerprint density at radius 2 is 2.03 bits per heavy atom. The van der Waals surface area contributed by atoms with Crippen LogP contribution in [0.25, 0.3) is 16.7 Å². The van der Waals surface area contributed by atoms with Gasteiger partial charge >= 0.3 is 6.09 Å². The Kier molecular flexibility index (Phi) is 5.02. The molecule has 0 saturated heterocycles. The molecular formula is C20H21Cl2N5O3. The molecular weight excluding hydrogens is 429 g/mol. The van der Waals surface area contributed by atoms with Crippen molar-refractivity contribution in [1.29, 1.82) is 0 Å². The number of hydrogen-bond acceptors (Lipinski definition) is 4. The highest BCUT2D eigenvalue weighted by Gasteiger charge is 2.45. The van der Waals surface area contributed by atoms with Crippen LogP contribution >= 0.6 is 23.2 Å². The molecule has 8 nitrogen and oxygen atoms in total. The summed E-state index contributed by atoms with van der Waals surface area (Å²) in [5, 5.41) is 17.6. The molecule has 2 N–H and O–H groups in total. The number of amides is 1. The van der Waals surface area contributed by atoms with Gasteiger partial charge in [-0.3, -0.25) is 14.8 Å². The first kappa shape index (κ1) is 20.7. The molecule has 4 rings (SSSR count). The molecule has 0 radical (unpaired) electrons. The third kappa shape index (κ3) is 3.54. The van der Waals surface area contributed by atoms with Crippen LogP contribution in [0, 0.1) is 5.92 Å². The van der Waals surface area contributed by atoms with Crippen LogP contribution in [0.3, 0.4) is 0 Å². The first-order valence-corrected chi connectivity index (χ1v) is 10.3. The largest absolute Gasteiger partial charge is 0.465 e. The van der Waals surface area contributed by atoms with E-state index in [9.17, 15) is 14.7 Å². The van der Waals surface area contributed by atoms with E-state index < -0.39 is 23.2 Å². The molecule has 0 aliphatic heterocycles. The van der Waals surface area contributed by atoms with E-state index in [1.54, 1.807) is 18.2 Å². The summed E-state index contributed by atoms with van der Waals surface area (Å²) < 4.78 is 1.32. The Hall–Kier alpha value is -2.58. The minimum atomic E-state index is -1.08. The van der Waals surface area contributed by atoms with Crippen LogP contribution in [-0.4, -0.2) is 41.4 Å². The number of nitrogens with zero attached hydrogens (tertiary/aromatic N) is 4. The zero-order valence-electron chi connectivity index (χ0n) is 16.7. The van der Waals surface area contributed by atoms with E-state index in [4.69, 9.17) is 28.2 Å². The molecule has 1 unspecified atom stereocenters. The topological polar surface area (TPSA) is 104 Å². The number of carboxylic acid groups (broad SMARTS) is 1. The fourth-order valence-electron chi connectivity index (χ4n) is 3.80. The number of rotatable bonds is 4. The van der Waals surface area contributed by atoms with Crippen molar-refractivity contribution in [2.24, 2.45) is 5.92 Å². The molecule has 10 heteroatoms. The van der Waals surface area contributed by atoms with E-state index in [-0.39, 0.29) is 27.3 Å². The van der Waals surface area contributed by atoms with Gasteiger partial charge in [0.15, 0.2) is 5.82 Å². The Morgan fingerprint density at radius 3 is 2.57 bits per heavy atom. The average molecular weight is 450 g/mol. The number of aromatic amines is 1. The fraction of sp³-hybridized carbons (Fsp3) is 0.400. The van der Waals surface area contributed by atoms with E-state index in [0.29, 0.717) is 11.3 Å². The van der Waals surface area contributed by atoms with Gasteiger partial charge in [0, 0.05) is 11.6 Å². The molecule has 2 heterocycles. The lowest BCUT2D eigenvalue weighted by molar-refractivity contribution is 0.0581. The molecule has 1 aliphatic rings. The van der Waals surface area contributed by atoms with Gasteiger partial charge in [0.2, 0.25) is 0 Å². The average Bonchev–Trinajstić information content (AvgIpc) is 3.38. The minimum Gasteiger partial charge on any atom is -0.465 e. The Balaban J connectivity index is 2.08. The molecule has 1 fully saturated rings. The molecule has 0 spiro atoms. The van der Waals surface area contributed by atoms with Gasteiger partial charge in [-0.05, 0) is 51.7 Å². The van der Waals surface area contributed by atoms with Gasteiger partial charge in [0.25, 0.3) is 5.56 Å². The highest BCUT2D eigenvalue weighted by atomic mass is 35.5. The molecule has 1 saturated carbocycles. The predicted molar refractivity (Wildman–Crippen MR) is 115 cm³/mol. The standard InChI is InChI=1S/C20H21Cl2N5O3/c1-20(2,3)27(19(29)30)16(10-7-8-10)17-23-12-6-4-5-11(21)15(12)18(28)26(17)14-9-13(22)24-25-14/h4-6,9-10,16H,7-8H2,1-3H3,(H,24,25)(H,29,30). The van der Waals surface area contributed by atoms with Gasteiger partial charge in [-0.1, -0.05) is 29.3 Å². The van der Waals surface area contributed by atoms with Gasteiger partial charge in [0.1, 0.15) is 11.0 Å². The summed E-state index contributed by atoms with van der Waals surface area (Å²) in [6, 6.07) is 5.89. The zero-order valence-corrected chi connectivity index (χ0v) is 18.2. The minimum absolute atomic E-state index is 0.0459. The van der Waals surface area contributed by atoms with Crippen molar-refractivity contribution in [1.82, 2.24) is 24.6 Å². The highest BCUT2D eigenvalue weighted by Crippen LogP contribution is 2.46. The van der Waals surface area contributed by atoms with Crippen molar-refractivity contribution < 1.29 is 9.90 Å². The van der Waals surface area contributed by atoms with E-state index in [0.717, 1.165) is 12.8 Å². The zero-order chi connectivity index (χ0) is 21.8. The number of fused-ring (bicyclic) bond motifs is 1. The van der Waals surface area contributed by atoms with Crippen LogP contribution < -0.4 is 5.56 Å². The molecule has 2 aromatic heterocycles. The lowest BCUT2D eigenvalue weighted by Gasteiger charge is -2.40. The van der Waals surface area contributed by atoms with Crippen LogP contribution in [0.1, 0.15) is 45.5 Å². The summed E-state index contributed by atoms with van der Waals surface area (Å²) in [7, 11) is 0. The SMILES string of the molecule is CC(C)(C)N(C(=O)O)C(c1nc2cccc(Cl)c2c(=O)n1-c1cc(Cl)[nH]n1)C1CC1. The third-order valence-corrected chi connectivity index (χ3v) is 5.68. The van der Waals surface area contributed by atoms with Crippen molar-refractivity contribution in [3.05, 3.63) is 50.6 Å². The molecule has 0 bridgehead atoms. The fourth-order valence-corrected chi connectivity index (χ4v) is 4.19. The quantitative estimate of drug-likeness (QED) is 0.603. The molecule has 1 amide bonds. The van der Waals surface area contributed by atoms with Gasteiger partial charge in [0.05, 0.1) is 22.0 Å². The van der Waals surface area contributed by atoms with Crippen LogP contribution in [0.15, 0.2) is 29.1 Å². The maximum Gasteiger partial charge on any atom is 0.408 e. The molecule has 3 aromatic rings.